The Balaban J connectivity index is 1.68. The Labute approximate surface area is 153 Å². The van der Waals surface area contributed by atoms with Crippen molar-refractivity contribution < 1.29 is 14.3 Å². The lowest BCUT2D eigenvalue weighted by Gasteiger charge is -2.25. The molecule has 0 aromatic carbocycles. The van der Waals surface area contributed by atoms with E-state index in [9.17, 15) is 9.59 Å². The van der Waals surface area contributed by atoms with Crippen LogP contribution >= 0.6 is 11.3 Å². The van der Waals surface area contributed by atoms with Crippen LogP contribution in [-0.4, -0.2) is 48.0 Å². The van der Waals surface area contributed by atoms with Crippen molar-refractivity contribution in [3.8, 4) is 0 Å². The Morgan fingerprint density at radius 3 is 3.04 bits per heavy atom. The molecule has 0 spiro atoms. The zero-order valence-corrected chi connectivity index (χ0v) is 15.7. The van der Waals surface area contributed by atoms with E-state index in [4.69, 9.17) is 4.74 Å². The Kier molecular flexibility index (Phi) is 8.08. The van der Waals surface area contributed by atoms with E-state index in [0.29, 0.717) is 18.0 Å². The Morgan fingerprint density at radius 2 is 2.28 bits per heavy atom. The minimum atomic E-state index is -0.319. The third kappa shape index (κ3) is 6.25. The van der Waals surface area contributed by atoms with Crippen molar-refractivity contribution in [2.45, 2.75) is 45.6 Å². The van der Waals surface area contributed by atoms with Crippen LogP contribution in [0.15, 0.2) is 12.7 Å². The van der Waals surface area contributed by atoms with E-state index < -0.39 is 0 Å². The summed E-state index contributed by atoms with van der Waals surface area (Å²) < 4.78 is 5.02. The predicted molar refractivity (Wildman–Crippen MR) is 98.7 cm³/mol. The molecule has 1 amide bonds. The molecule has 6 nitrogen and oxygen atoms in total. The zero-order chi connectivity index (χ0) is 18.1. The third-order valence-corrected chi connectivity index (χ3v) is 5.12. The third-order valence-electron chi connectivity index (χ3n) is 4.06. The second-order valence-corrected chi connectivity index (χ2v) is 7.10. The monoisotopic (exact) mass is 365 g/mol. The minimum Gasteiger partial charge on any atom is -0.461 e. The number of ether oxygens (including phenoxy) is 1. The van der Waals surface area contributed by atoms with Gasteiger partial charge in [0, 0.05) is 37.4 Å². The lowest BCUT2D eigenvalue weighted by Crippen LogP contribution is -2.31. The van der Waals surface area contributed by atoms with Gasteiger partial charge < -0.3 is 10.1 Å². The molecule has 0 bridgehead atoms. The van der Waals surface area contributed by atoms with Gasteiger partial charge in [0.05, 0.1) is 12.3 Å². The van der Waals surface area contributed by atoms with E-state index in [2.05, 4.69) is 21.8 Å². The number of carbonyl (C=O) groups is 2. The number of nitrogens with zero attached hydrogens (tertiary/aromatic N) is 2. The van der Waals surface area contributed by atoms with Crippen LogP contribution in [-0.2, 0) is 22.5 Å². The van der Waals surface area contributed by atoms with Gasteiger partial charge in [-0.25, -0.2) is 9.78 Å². The Morgan fingerprint density at radius 1 is 1.44 bits per heavy atom. The number of esters is 1. The molecule has 0 saturated heterocycles. The van der Waals surface area contributed by atoms with Crippen LogP contribution in [0, 0.1) is 0 Å². The van der Waals surface area contributed by atoms with Gasteiger partial charge in [0.2, 0.25) is 10.9 Å². The van der Waals surface area contributed by atoms with Gasteiger partial charge in [-0.3, -0.25) is 9.69 Å². The molecule has 2 rings (SSSR count). The standard InChI is InChI=1S/C18H27N3O3S/c1-3-5-8-16(22)19-10-6-7-11-21-12-9-14-15(13-21)25-17(20-14)18(23)24-4-2/h3H,1,4-13H2,2H3,(H,19,22). The number of nitrogens with one attached hydrogen (secondary N) is 1. The largest absolute Gasteiger partial charge is 0.461 e. The smallest absolute Gasteiger partial charge is 0.367 e. The normalized spacial score (nSPS) is 14.0. The summed E-state index contributed by atoms with van der Waals surface area (Å²) in [5.41, 5.74) is 1.04. The first-order chi connectivity index (χ1) is 12.1. The highest BCUT2D eigenvalue weighted by atomic mass is 32.1. The highest BCUT2D eigenvalue weighted by Gasteiger charge is 2.23. The van der Waals surface area contributed by atoms with E-state index in [0.717, 1.165) is 57.6 Å². The Bertz CT molecular complexity index is 600. The zero-order valence-electron chi connectivity index (χ0n) is 14.9. The average molecular weight is 365 g/mol. The molecule has 1 aromatic rings. The molecule has 0 saturated carbocycles. The van der Waals surface area contributed by atoms with Gasteiger partial charge in [0.25, 0.3) is 0 Å². The molecule has 2 heterocycles. The van der Waals surface area contributed by atoms with Gasteiger partial charge in [-0.2, -0.15) is 0 Å². The summed E-state index contributed by atoms with van der Waals surface area (Å²) in [7, 11) is 0. The van der Waals surface area contributed by atoms with Gasteiger partial charge in [-0.05, 0) is 32.7 Å². The van der Waals surface area contributed by atoms with Gasteiger partial charge >= 0.3 is 5.97 Å². The molecule has 0 atom stereocenters. The number of aromatic nitrogens is 1. The fourth-order valence-corrected chi connectivity index (χ4v) is 3.77. The van der Waals surface area contributed by atoms with Crippen molar-refractivity contribution in [2.75, 3.05) is 26.2 Å². The maximum absolute atomic E-state index is 11.8. The van der Waals surface area contributed by atoms with Crippen molar-refractivity contribution in [2.24, 2.45) is 0 Å². The maximum Gasteiger partial charge on any atom is 0.367 e. The molecule has 1 aliphatic rings. The van der Waals surface area contributed by atoms with E-state index >= 15 is 0 Å². The highest BCUT2D eigenvalue weighted by molar-refractivity contribution is 7.13. The molecule has 1 aromatic heterocycles. The van der Waals surface area contributed by atoms with Crippen LogP contribution in [0.25, 0.3) is 0 Å². The summed E-state index contributed by atoms with van der Waals surface area (Å²) >= 11 is 1.45. The van der Waals surface area contributed by atoms with Crippen molar-refractivity contribution in [1.82, 2.24) is 15.2 Å². The molecule has 0 aliphatic carbocycles. The van der Waals surface area contributed by atoms with Crippen LogP contribution in [0.1, 0.15) is 53.0 Å². The number of allylic oxidation sites excluding steroid dienone is 1. The number of thiazole rings is 1. The van der Waals surface area contributed by atoms with Crippen molar-refractivity contribution >= 4 is 23.2 Å². The first kappa shape index (κ1) is 19.6. The van der Waals surface area contributed by atoms with E-state index in [1.807, 2.05) is 0 Å². The lowest BCUT2D eigenvalue weighted by atomic mass is 10.1. The summed E-state index contributed by atoms with van der Waals surface area (Å²) in [6, 6.07) is 0. The molecule has 7 heteroatoms. The van der Waals surface area contributed by atoms with Crippen LogP contribution in [0.2, 0.25) is 0 Å². The molecule has 0 unspecified atom stereocenters. The fraction of sp³-hybridized carbons (Fsp3) is 0.611. The molecule has 138 valence electrons. The minimum absolute atomic E-state index is 0.0960. The number of carbonyl (C=O) groups excluding carboxylic acids is 2. The number of fused-ring (bicyclic) bond motifs is 1. The van der Waals surface area contributed by atoms with E-state index in [1.54, 1.807) is 13.0 Å². The number of hydrogen-bond donors (Lipinski definition) is 1. The van der Waals surface area contributed by atoms with Gasteiger partial charge in [0.1, 0.15) is 0 Å². The van der Waals surface area contributed by atoms with Crippen molar-refractivity contribution in [3.05, 3.63) is 28.2 Å². The van der Waals surface area contributed by atoms with Crippen molar-refractivity contribution in [3.63, 3.8) is 0 Å². The van der Waals surface area contributed by atoms with Gasteiger partial charge in [-0.15, -0.1) is 17.9 Å². The van der Waals surface area contributed by atoms with Gasteiger partial charge in [-0.1, -0.05) is 6.08 Å². The number of hydrogen-bond acceptors (Lipinski definition) is 6. The molecule has 1 aliphatic heterocycles. The summed E-state index contributed by atoms with van der Waals surface area (Å²) in [6.07, 6.45) is 5.90. The molecule has 0 fully saturated rings. The quantitative estimate of drug-likeness (QED) is 0.392. The predicted octanol–water partition coefficient (Wildman–Crippen LogP) is 2.54. The molecule has 0 radical (unpaired) electrons. The van der Waals surface area contributed by atoms with Crippen LogP contribution in [0.5, 0.6) is 0 Å². The molecule has 25 heavy (non-hydrogen) atoms. The van der Waals surface area contributed by atoms with E-state index in [1.165, 1.54) is 16.2 Å². The molecular formula is C18H27N3O3S. The first-order valence-electron chi connectivity index (χ1n) is 8.89. The highest BCUT2D eigenvalue weighted by Crippen LogP contribution is 2.25. The second kappa shape index (κ2) is 10.3. The van der Waals surface area contributed by atoms with Crippen LogP contribution in [0.3, 0.4) is 0 Å². The Hall–Kier alpha value is -1.73. The number of unbranched alkanes of at least 4 members (excludes halogenated alkanes) is 1. The summed E-state index contributed by atoms with van der Waals surface area (Å²) in [6.45, 7) is 9.32. The van der Waals surface area contributed by atoms with Crippen LogP contribution < -0.4 is 5.32 Å². The SMILES string of the molecule is C=CCCC(=O)NCCCCN1CCc2nc(C(=O)OCC)sc2C1. The van der Waals surface area contributed by atoms with Crippen LogP contribution in [0.4, 0.5) is 0 Å². The van der Waals surface area contributed by atoms with Crippen molar-refractivity contribution in [1.29, 1.82) is 0 Å². The number of amides is 1. The maximum atomic E-state index is 11.8. The average Bonchev–Trinajstić information content (AvgIpc) is 3.03. The van der Waals surface area contributed by atoms with E-state index in [-0.39, 0.29) is 11.9 Å². The topological polar surface area (TPSA) is 71.5 Å². The van der Waals surface area contributed by atoms with Gasteiger partial charge in [0.15, 0.2) is 0 Å². The molecule has 1 N–H and O–H groups in total. The lowest BCUT2D eigenvalue weighted by molar-refractivity contribution is -0.121. The first-order valence-corrected chi connectivity index (χ1v) is 9.71. The second-order valence-electron chi connectivity index (χ2n) is 6.02. The summed E-state index contributed by atoms with van der Waals surface area (Å²) in [4.78, 5) is 31.3. The number of rotatable bonds is 10. The molecular weight excluding hydrogens is 338 g/mol. The summed E-state index contributed by atoms with van der Waals surface area (Å²) in [5.74, 6) is -0.223. The summed E-state index contributed by atoms with van der Waals surface area (Å²) in [5, 5.41) is 3.40. The fourth-order valence-electron chi connectivity index (χ4n) is 2.73.